The van der Waals surface area contributed by atoms with Gasteiger partial charge in [0.15, 0.2) is 11.7 Å². The van der Waals surface area contributed by atoms with E-state index in [2.05, 4.69) is 26.1 Å². The lowest BCUT2D eigenvalue weighted by Gasteiger charge is -2.12. The Bertz CT molecular complexity index is 652. The lowest BCUT2D eigenvalue weighted by atomic mass is 9.99. The fourth-order valence-corrected chi connectivity index (χ4v) is 2.58. The molecule has 1 aromatic carbocycles. The minimum absolute atomic E-state index is 0.299. The van der Waals surface area contributed by atoms with Crippen molar-refractivity contribution < 1.29 is 14.1 Å². The van der Waals surface area contributed by atoms with Crippen LogP contribution in [0.5, 0.6) is 0 Å². The Morgan fingerprint density at radius 1 is 1.52 bits per heavy atom. The van der Waals surface area contributed by atoms with E-state index in [4.69, 9.17) is 9.26 Å². The van der Waals surface area contributed by atoms with Crippen LogP contribution < -0.4 is 0 Å². The molecule has 0 saturated heterocycles. The fourth-order valence-electron chi connectivity index (χ4n) is 2.16. The number of carbonyl (C=O) groups excluding carboxylic acids is 1. The Morgan fingerprint density at radius 2 is 2.33 bits per heavy atom. The molecule has 1 saturated carbocycles. The van der Waals surface area contributed by atoms with Gasteiger partial charge in [0.2, 0.25) is 5.89 Å². The molecule has 0 spiro atoms. The molecule has 0 radical (unpaired) electrons. The third-order valence-electron chi connectivity index (χ3n) is 3.35. The van der Waals surface area contributed by atoms with Crippen molar-refractivity contribution in [3.05, 3.63) is 46.0 Å². The average Bonchev–Trinajstić information content (AvgIpc) is 3.20. The lowest BCUT2D eigenvalue weighted by Crippen LogP contribution is -2.17. The molecular formula is C15H15BrN2O3. The smallest absolute Gasteiger partial charge is 0.323 e. The number of aromatic nitrogens is 2. The van der Waals surface area contributed by atoms with Crippen LogP contribution in [0, 0.1) is 0 Å². The standard InChI is InChI=1S/C15H15BrN2O3/c1-2-20-15(19)12(10-4-3-5-11(16)8-10)14-17-13(18-21-14)9-6-7-9/h3-5,8-9,12H,2,6-7H2,1H3. The molecule has 0 N–H and O–H groups in total. The van der Waals surface area contributed by atoms with Crippen molar-refractivity contribution in [3.8, 4) is 0 Å². The van der Waals surface area contributed by atoms with Crippen molar-refractivity contribution in [1.29, 1.82) is 0 Å². The summed E-state index contributed by atoms with van der Waals surface area (Å²) >= 11 is 3.41. The largest absolute Gasteiger partial charge is 0.465 e. The van der Waals surface area contributed by atoms with Crippen molar-refractivity contribution in [3.63, 3.8) is 0 Å². The third kappa shape index (κ3) is 3.15. The second-order valence-corrected chi connectivity index (χ2v) is 5.92. The predicted octanol–water partition coefficient (Wildman–Crippen LogP) is 3.40. The number of rotatable bonds is 5. The van der Waals surface area contributed by atoms with E-state index in [-0.39, 0.29) is 5.97 Å². The first-order valence-corrected chi connectivity index (χ1v) is 7.74. The number of ether oxygens (including phenoxy) is 1. The van der Waals surface area contributed by atoms with E-state index in [1.54, 1.807) is 6.92 Å². The van der Waals surface area contributed by atoms with Crippen LogP contribution in [0.15, 0.2) is 33.3 Å². The van der Waals surface area contributed by atoms with Gasteiger partial charge in [0, 0.05) is 10.4 Å². The Morgan fingerprint density at radius 3 is 3.00 bits per heavy atom. The molecule has 1 aliphatic carbocycles. The molecule has 1 aliphatic rings. The van der Waals surface area contributed by atoms with Crippen LogP contribution in [0.4, 0.5) is 0 Å². The number of nitrogens with zero attached hydrogens (tertiary/aromatic N) is 2. The molecule has 0 amide bonds. The summed E-state index contributed by atoms with van der Waals surface area (Å²) in [6.07, 6.45) is 2.17. The van der Waals surface area contributed by atoms with Crippen LogP contribution >= 0.6 is 15.9 Å². The van der Waals surface area contributed by atoms with Crippen molar-refractivity contribution in [2.45, 2.75) is 31.6 Å². The summed E-state index contributed by atoms with van der Waals surface area (Å²) in [5.74, 6) is 0.319. The zero-order chi connectivity index (χ0) is 14.8. The van der Waals surface area contributed by atoms with E-state index < -0.39 is 5.92 Å². The molecule has 1 atom stereocenters. The highest BCUT2D eigenvalue weighted by Crippen LogP contribution is 2.39. The molecule has 1 unspecified atom stereocenters. The van der Waals surface area contributed by atoms with Crippen LogP contribution in [0.2, 0.25) is 0 Å². The molecule has 1 heterocycles. The second-order valence-electron chi connectivity index (χ2n) is 5.01. The van der Waals surface area contributed by atoms with Gasteiger partial charge in [-0.3, -0.25) is 4.79 Å². The average molecular weight is 351 g/mol. The minimum atomic E-state index is -0.678. The van der Waals surface area contributed by atoms with Gasteiger partial charge >= 0.3 is 5.97 Å². The number of hydrogen-bond donors (Lipinski definition) is 0. The van der Waals surface area contributed by atoms with Crippen molar-refractivity contribution in [2.24, 2.45) is 0 Å². The van der Waals surface area contributed by atoms with Crippen molar-refractivity contribution in [2.75, 3.05) is 6.61 Å². The molecule has 0 bridgehead atoms. The SMILES string of the molecule is CCOC(=O)C(c1cccc(Br)c1)c1nc(C2CC2)no1. The number of benzene rings is 1. The van der Waals surface area contributed by atoms with Gasteiger partial charge < -0.3 is 9.26 Å². The van der Waals surface area contributed by atoms with Gasteiger partial charge in [-0.15, -0.1) is 0 Å². The highest BCUT2D eigenvalue weighted by atomic mass is 79.9. The van der Waals surface area contributed by atoms with Gasteiger partial charge in [-0.2, -0.15) is 4.98 Å². The summed E-state index contributed by atoms with van der Waals surface area (Å²) in [6, 6.07) is 7.48. The molecule has 21 heavy (non-hydrogen) atoms. The summed E-state index contributed by atoms with van der Waals surface area (Å²) in [7, 11) is 0. The minimum Gasteiger partial charge on any atom is -0.465 e. The number of carbonyl (C=O) groups is 1. The second kappa shape index (κ2) is 5.97. The first-order valence-electron chi connectivity index (χ1n) is 6.94. The Balaban J connectivity index is 1.96. The first-order chi connectivity index (χ1) is 10.2. The van der Waals surface area contributed by atoms with Gasteiger partial charge in [-0.1, -0.05) is 33.2 Å². The monoisotopic (exact) mass is 350 g/mol. The highest BCUT2D eigenvalue weighted by molar-refractivity contribution is 9.10. The van der Waals surface area contributed by atoms with Crippen LogP contribution in [-0.4, -0.2) is 22.7 Å². The van der Waals surface area contributed by atoms with E-state index >= 15 is 0 Å². The summed E-state index contributed by atoms with van der Waals surface area (Å²) in [5.41, 5.74) is 0.772. The van der Waals surface area contributed by atoms with E-state index in [9.17, 15) is 4.79 Å². The Kier molecular flexibility index (Phi) is 4.05. The predicted molar refractivity (Wildman–Crippen MR) is 78.9 cm³/mol. The van der Waals surface area contributed by atoms with Gasteiger partial charge in [-0.05, 0) is 37.5 Å². The van der Waals surface area contributed by atoms with Crippen molar-refractivity contribution in [1.82, 2.24) is 10.1 Å². The summed E-state index contributed by atoms with van der Waals surface area (Å²) < 4.78 is 11.4. The molecule has 6 heteroatoms. The van der Waals surface area contributed by atoms with Gasteiger partial charge in [0.25, 0.3) is 0 Å². The maximum Gasteiger partial charge on any atom is 0.323 e. The maximum absolute atomic E-state index is 12.3. The zero-order valence-corrected chi connectivity index (χ0v) is 13.2. The topological polar surface area (TPSA) is 65.2 Å². The molecular weight excluding hydrogens is 336 g/mol. The van der Waals surface area contributed by atoms with Crippen LogP contribution in [0.25, 0.3) is 0 Å². The molecule has 1 aromatic heterocycles. The highest BCUT2D eigenvalue weighted by Gasteiger charge is 2.34. The summed E-state index contributed by atoms with van der Waals surface area (Å²) in [5, 5.41) is 3.98. The van der Waals surface area contributed by atoms with Gasteiger partial charge in [-0.25, -0.2) is 0 Å². The molecule has 5 nitrogen and oxygen atoms in total. The number of hydrogen-bond acceptors (Lipinski definition) is 5. The number of esters is 1. The lowest BCUT2D eigenvalue weighted by molar-refractivity contribution is -0.144. The molecule has 3 rings (SSSR count). The van der Waals surface area contributed by atoms with Crippen LogP contribution in [-0.2, 0) is 9.53 Å². The van der Waals surface area contributed by atoms with Crippen LogP contribution in [0.1, 0.15) is 48.9 Å². The maximum atomic E-state index is 12.3. The quantitative estimate of drug-likeness (QED) is 0.773. The van der Waals surface area contributed by atoms with E-state index in [0.29, 0.717) is 24.2 Å². The molecule has 110 valence electrons. The number of halogens is 1. The van der Waals surface area contributed by atoms with Gasteiger partial charge in [0.1, 0.15) is 0 Å². The van der Waals surface area contributed by atoms with E-state index in [1.807, 2.05) is 24.3 Å². The van der Waals surface area contributed by atoms with Gasteiger partial charge in [0.05, 0.1) is 6.61 Å². The normalized spacial score (nSPS) is 15.7. The Hall–Kier alpha value is -1.69. The van der Waals surface area contributed by atoms with Crippen LogP contribution in [0.3, 0.4) is 0 Å². The summed E-state index contributed by atoms with van der Waals surface area (Å²) in [6.45, 7) is 2.09. The molecule has 2 aromatic rings. The fraction of sp³-hybridized carbons (Fsp3) is 0.400. The zero-order valence-electron chi connectivity index (χ0n) is 11.6. The Labute approximate surface area is 130 Å². The molecule has 0 aliphatic heterocycles. The summed E-state index contributed by atoms with van der Waals surface area (Å²) in [4.78, 5) is 16.7. The van der Waals surface area contributed by atoms with Crippen molar-refractivity contribution >= 4 is 21.9 Å². The first kappa shape index (κ1) is 14.3. The third-order valence-corrected chi connectivity index (χ3v) is 3.84. The van der Waals surface area contributed by atoms with E-state index in [1.165, 1.54) is 0 Å². The van der Waals surface area contributed by atoms with E-state index in [0.717, 1.165) is 22.9 Å². The molecule has 1 fully saturated rings.